The van der Waals surface area contributed by atoms with Gasteiger partial charge in [-0.25, -0.2) is 14.5 Å². The minimum absolute atomic E-state index is 0.00918. The fourth-order valence-corrected chi connectivity index (χ4v) is 2.16. The number of likely N-dealkylation sites (tertiary alicyclic amines) is 1. The van der Waals surface area contributed by atoms with Gasteiger partial charge in [0.1, 0.15) is 0 Å². The van der Waals surface area contributed by atoms with Gasteiger partial charge < -0.3 is 9.67 Å². The number of imidazole rings is 1. The van der Waals surface area contributed by atoms with Crippen molar-refractivity contribution >= 4 is 5.97 Å². The van der Waals surface area contributed by atoms with Crippen molar-refractivity contribution in [1.82, 2.24) is 29.4 Å². The maximum atomic E-state index is 10.7. The van der Waals surface area contributed by atoms with E-state index in [2.05, 4.69) is 20.2 Å². The molecule has 3 rings (SSSR count). The van der Waals surface area contributed by atoms with E-state index in [4.69, 9.17) is 5.11 Å². The Balaban J connectivity index is 1.57. The summed E-state index contributed by atoms with van der Waals surface area (Å²) in [7, 11) is 1.97. The Hall–Kier alpha value is -2.22. The molecule has 0 amide bonds. The minimum Gasteiger partial charge on any atom is -0.476 e. The van der Waals surface area contributed by atoms with E-state index in [0.717, 1.165) is 25.3 Å². The maximum absolute atomic E-state index is 10.7. The van der Waals surface area contributed by atoms with Crippen molar-refractivity contribution in [1.29, 1.82) is 0 Å². The van der Waals surface area contributed by atoms with Crippen LogP contribution in [0.4, 0.5) is 0 Å². The van der Waals surface area contributed by atoms with E-state index < -0.39 is 5.97 Å². The van der Waals surface area contributed by atoms with Crippen LogP contribution in [0.25, 0.3) is 0 Å². The molecule has 19 heavy (non-hydrogen) atoms. The summed E-state index contributed by atoms with van der Waals surface area (Å²) < 4.78 is 3.62. The van der Waals surface area contributed by atoms with E-state index in [1.54, 1.807) is 11.0 Å². The van der Waals surface area contributed by atoms with E-state index in [0.29, 0.717) is 0 Å². The lowest BCUT2D eigenvalue weighted by Crippen LogP contribution is -2.47. The third kappa shape index (κ3) is 2.22. The lowest BCUT2D eigenvalue weighted by molar-refractivity contribution is 0.0690. The van der Waals surface area contributed by atoms with E-state index in [-0.39, 0.29) is 11.7 Å². The highest BCUT2D eigenvalue weighted by Gasteiger charge is 2.30. The second kappa shape index (κ2) is 4.47. The fourth-order valence-electron chi connectivity index (χ4n) is 2.16. The van der Waals surface area contributed by atoms with Crippen molar-refractivity contribution < 1.29 is 9.90 Å². The van der Waals surface area contributed by atoms with Crippen molar-refractivity contribution in [3.8, 4) is 0 Å². The van der Waals surface area contributed by atoms with Crippen molar-refractivity contribution in [3.05, 3.63) is 30.1 Å². The van der Waals surface area contributed by atoms with Crippen molar-refractivity contribution in [2.45, 2.75) is 12.6 Å². The summed E-state index contributed by atoms with van der Waals surface area (Å²) in [5.41, 5.74) is 1.15. The molecule has 0 saturated carbocycles. The number of carboxylic acid groups (broad SMARTS) is 1. The highest BCUT2D eigenvalue weighted by molar-refractivity contribution is 5.84. The van der Waals surface area contributed by atoms with Gasteiger partial charge in [-0.05, 0) is 0 Å². The third-order valence-corrected chi connectivity index (χ3v) is 3.34. The van der Waals surface area contributed by atoms with Crippen molar-refractivity contribution in [3.63, 3.8) is 0 Å². The Labute approximate surface area is 109 Å². The number of hydrogen-bond acceptors (Lipinski definition) is 5. The topological polar surface area (TPSA) is 89.1 Å². The summed E-state index contributed by atoms with van der Waals surface area (Å²) in [5, 5.41) is 16.3. The molecule has 0 radical (unpaired) electrons. The van der Waals surface area contributed by atoms with Crippen LogP contribution in [-0.2, 0) is 13.6 Å². The maximum Gasteiger partial charge on any atom is 0.358 e. The Morgan fingerprint density at radius 3 is 2.89 bits per heavy atom. The molecule has 100 valence electrons. The first-order valence-electron chi connectivity index (χ1n) is 5.96. The van der Waals surface area contributed by atoms with Crippen molar-refractivity contribution in [2.24, 2.45) is 7.05 Å². The average Bonchev–Trinajstić information content (AvgIpc) is 2.92. The Bertz CT molecular complexity index is 598. The van der Waals surface area contributed by atoms with Crippen molar-refractivity contribution in [2.75, 3.05) is 13.1 Å². The predicted octanol–water partition coefficient (Wildman–Crippen LogP) is -0.233. The van der Waals surface area contributed by atoms with Crippen LogP contribution < -0.4 is 0 Å². The second-order valence-electron chi connectivity index (χ2n) is 4.73. The molecule has 0 aliphatic carbocycles. The number of rotatable bonds is 4. The molecule has 1 fully saturated rings. The number of aryl methyl sites for hydroxylation is 1. The molecule has 0 spiro atoms. The molecular weight excluding hydrogens is 248 g/mol. The molecule has 1 N–H and O–H groups in total. The Morgan fingerprint density at radius 1 is 1.53 bits per heavy atom. The molecular formula is C11H14N6O2. The van der Waals surface area contributed by atoms with Gasteiger partial charge in [0.05, 0.1) is 24.3 Å². The number of hydrogen-bond donors (Lipinski definition) is 1. The summed E-state index contributed by atoms with van der Waals surface area (Å²) in [5.74, 6) is -1.04. The number of nitrogens with zero attached hydrogens (tertiary/aromatic N) is 6. The third-order valence-electron chi connectivity index (χ3n) is 3.34. The van der Waals surface area contributed by atoms with Crippen LogP contribution in [-0.4, -0.2) is 53.6 Å². The molecule has 2 aromatic rings. The van der Waals surface area contributed by atoms with Gasteiger partial charge in [-0.3, -0.25) is 4.90 Å². The zero-order valence-corrected chi connectivity index (χ0v) is 10.5. The molecule has 0 atom stereocenters. The first-order valence-corrected chi connectivity index (χ1v) is 5.96. The predicted molar refractivity (Wildman–Crippen MR) is 64.5 cm³/mol. The average molecular weight is 262 g/mol. The monoisotopic (exact) mass is 262 g/mol. The van der Waals surface area contributed by atoms with Crippen LogP contribution in [0.2, 0.25) is 0 Å². The van der Waals surface area contributed by atoms with Crippen LogP contribution in [0.15, 0.2) is 18.7 Å². The van der Waals surface area contributed by atoms with E-state index in [9.17, 15) is 4.79 Å². The number of aromatic carboxylic acids is 1. The van der Waals surface area contributed by atoms with Gasteiger partial charge in [0, 0.05) is 32.9 Å². The highest BCUT2D eigenvalue weighted by atomic mass is 16.4. The molecule has 8 nitrogen and oxygen atoms in total. The van der Waals surface area contributed by atoms with Gasteiger partial charge in [-0.1, -0.05) is 5.21 Å². The van der Waals surface area contributed by atoms with Crippen LogP contribution in [0.5, 0.6) is 0 Å². The van der Waals surface area contributed by atoms with Crippen LogP contribution >= 0.6 is 0 Å². The van der Waals surface area contributed by atoms with Crippen LogP contribution in [0, 0.1) is 0 Å². The zero-order valence-electron chi connectivity index (χ0n) is 10.5. The Morgan fingerprint density at radius 2 is 2.32 bits per heavy atom. The molecule has 8 heteroatoms. The number of carbonyl (C=O) groups is 1. The van der Waals surface area contributed by atoms with E-state index in [1.807, 2.05) is 17.8 Å². The molecule has 3 heterocycles. The van der Waals surface area contributed by atoms with Gasteiger partial charge in [-0.15, -0.1) is 5.10 Å². The molecule has 1 aliphatic rings. The highest BCUT2D eigenvalue weighted by Crippen LogP contribution is 2.22. The summed E-state index contributed by atoms with van der Waals surface area (Å²) in [6.45, 7) is 2.52. The van der Waals surface area contributed by atoms with Gasteiger partial charge in [0.15, 0.2) is 5.69 Å². The first kappa shape index (κ1) is 11.8. The summed E-state index contributed by atoms with van der Waals surface area (Å²) in [4.78, 5) is 17.1. The smallest absolute Gasteiger partial charge is 0.358 e. The molecule has 0 aromatic carbocycles. The molecule has 0 bridgehead atoms. The minimum atomic E-state index is -1.04. The standard InChI is InChI=1S/C11H14N6O2/c1-15-7-12-2-8(15)3-16-4-9(5-16)17-6-10(11(18)19)13-14-17/h2,6-7,9H,3-5H2,1H3,(H,18,19). The molecule has 0 unspecified atom stereocenters. The van der Waals surface area contributed by atoms with E-state index >= 15 is 0 Å². The molecule has 1 saturated heterocycles. The fraction of sp³-hybridized carbons (Fsp3) is 0.455. The summed E-state index contributed by atoms with van der Waals surface area (Å²) in [6, 6.07) is 0.203. The van der Waals surface area contributed by atoms with Gasteiger partial charge in [0.25, 0.3) is 0 Å². The summed E-state index contributed by atoms with van der Waals surface area (Å²) in [6.07, 6.45) is 5.11. The second-order valence-corrected chi connectivity index (χ2v) is 4.73. The zero-order chi connectivity index (χ0) is 13.4. The lowest BCUT2D eigenvalue weighted by Gasteiger charge is -2.38. The van der Waals surface area contributed by atoms with Gasteiger partial charge in [-0.2, -0.15) is 0 Å². The lowest BCUT2D eigenvalue weighted by atomic mass is 10.1. The normalized spacial score (nSPS) is 16.5. The van der Waals surface area contributed by atoms with E-state index in [1.165, 1.54) is 6.20 Å². The van der Waals surface area contributed by atoms with Crippen LogP contribution in [0.1, 0.15) is 22.2 Å². The van der Waals surface area contributed by atoms with Gasteiger partial charge in [0.2, 0.25) is 0 Å². The first-order chi connectivity index (χ1) is 9.13. The number of carboxylic acids is 1. The van der Waals surface area contributed by atoms with Gasteiger partial charge >= 0.3 is 5.97 Å². The molecule has 2 aromatic heterocycles. The van der Waals surface area contributed by atoms with Crippen LogP contribution in [0.3, 0.4) is 0 Å². The quantitative estimate of drug-likeness (QED) is 0.818. The SMILES string of the molecule is Cn1cncc1CN1CC(n2cc(C(=O)O)nn2)C1. The number of aromatic nitrogens is 5. The Kier molecular flexibility index (Phi) is 2.79. The summed E-state index contributed by atoms with van der Waals surface area (Å²) >= 11 is 0. The molecule has 1 aliphatic heterocycles. The largest absolute Gasteiger partial charge is 0.476 e.